The normalized spacial score (nSPS) is 13.5. The molecule has 1 fully saturated rings. The fraction of sp³-hybridized carbons (Fsp3) is 0.348. The van der Waals surface area contributed by atoms with Gasteiger partial charge in [0, 0.05) is 31.0 Å². The molecule has 0 unspecified atom stereocenters. The molecule has 0 atom stereocenters. The Bertz CT molecular complexity index is 915. The van der Waals surface area contributed by atoms with Crippen LogP contribution in [0.2, 0.25) is 0 Å². The summed E-state index contributed by atoms with van der Waals surface area (Å²) in [5.41, 5.74) is 3.34. The van der Waals surface area contributed by atoms with E-state index in [-0.39, 0.29) is 5.91 Å². The fourth-order valence-corrected chi connectivity index (χ4v) is 3.28. The van der Waals surface area contributed by atoms with E-state index in [0.29, 0.717) is 43.6 Å². The van der Waals surface area contributed by atoms with E-state index in [1.54, 1.807) is 0 Å². The molecule has 28 heavy (non-hydrogen) atoms. The van der Waals surface area contributed by atoms with E-state index in [1.165, 1.54) is 11.1 Å². The van der Waals surface area contributed by atoms with Crippen LogP contribution in [0, 0.1) is 6.92 Å². The van der Waals surface area contributed by atoms with Crippen molar-refractivity contribution in [1.29, 1.82) is 0 Å². The molecule has 5 nitrogen and oxygen atoms in total. The molecule has 4 rings (SSSR count). The number of hydrogen-bond acceptors (Lipinski definition) is 4. The van der Waals surface area contributed by atoms with Crippen LogP contribution in [-0.4, -0.2) is 27.0 Å². The minimum atomic E-state index is 0.214. The largest absolute Gasteiger partial charge is 0.421 e. The first-order valence-corrected chi connectivity index (χ1v) is 9.92. The number of aromatic nitrogens is 2. The summed E-state index contributed by atoms with van der Waals surface area (Å²) in [6, 6.07) is 18.6. The fourth-order valence-electron chi connectivity index (χ4n) is 3.28. The Morgan fingerprint density at radius 2 is 1.82 bits per heavy atom. The lowest BCUT2D eigenvalue weighted by Crippen LogP contribution is -2.32. The van der Waals surface area contributed by atoms with E-state index >= 15 is 0 Å². The van der Waals surface area contributed by atoms with E-state index in [2.05, 4.69) is 41.4 Å². The van der Waals surface area contributed by atoms with Crippen molar-refractivity contribution in [3.05, 3.63) is 71.6 Å². The summed E-state index contributed by atoms with van der Waals surface area (Å²) < 4.78 is 5.73. The maximum absolute atomic E-state index is 12.8. The third kappa shape index (κ3) is 4.66. The second-order valence-electron chi connectivity index (χ2n) is 7.46. The van der Waals surface area contributed by atoms with Crippen LogP contribution in [0.25, 0.3) is 11.5 Å². The number of rotatable bonds is 8. The Morgan fingerprint density at radius 1 is 1.07 bits per heavy atom. The SMILES string of the molecule is Cc1ccc(CN(C(=O)CCCc2nnc(-c3ccccc3)o2)C2CC2)cc1. The number of carbonyl (C=O) groups is 1. The Morgan fingerprint density at radius 3 is 2.54 bits per heavy atom. The van der Waals surface area contributed by atoms with Crippen molar-refractivity contribution in [3.63, 3.8) is 0 Å². The predicted molar refractivity (Wildman–Crippen MR) is 107 cm³/mol. The zero-order valence-electron chi connectivity index (χ0n) is 16.2. The van der Waals surface area contributed by atoms with Crippen LogP contribution in [0.5, 0.6) is 0 Å². The minimum absolute atomic E-state index is 0.214. The second-order valence-corrected chi connectivity index (χ2v) is 7.46. The summed E-state index contributed by atoms with van der Waals surface area (Å²) in [6.45, 7) is 2.77. The van der Waals surface area contributed by atoms with E-state index in [9.17, 15) is 4.79 Å². The van der Waals surface area contributed by atoms with Gasteiger partial charge in [0.15, 0.2) is 0 Å². The molecule has 3 aromatic rings. The van der Waals surface area contributed by atoms with Crippen molar-refractivity contribution >= 4 is 5.91 Å². The van der Waals surface area contributed by atoms with Crippen LogP contribution in [0.1, 0.15) is 42.7 Å². The van der Waals surface area contributed by atoms with Crippen LogP contribution < -0.4 is 0 Å². The van der Waals surface area contributed by atoms with E-state index < -0.39 is 0 Å². The van der Waals surface area contributed by atoms with Gasteiger partial charge in [-0.05, 0) is 43.9 Å². The van der Waals surface area contributed by atoms with Crippen molar-refractivity contribution in [2.75, 3.05) is 0 Å². The molecule has 0 spiro atoms. The average molecular weight is 375 g/mol. The number of benzene rings is 2. The first-order chi connectivity index (χ1) is 13.7. The third-order valence-electron chi connectivity index (χ3n) is 5.05. The number of hydrogen-bond donors (Lipinski definition) is 0. The van der Waals surface area contributed by atoms with Gasteiger partial charge < -0.3 is 9.32 Å². The van der Waals surface area contributed by atoms with Crippen LogP contribution in [0.15, 0.2) is 59.0 Å². The highest BCUT2D eigenvalue weighted by atomic mass is 16.4. The molecule has 0 radical (unpaired) electrons. The zero-order chi connectivity index (χ0) is 19.3. The van der Waals surface area contributed by atoms with Gasteiger partial charge in [0.05, 0.1) is 0 Å². The Labute approximate surface area is 165 Å². The van der Waals surface area contributed by atoms with Crippen LogP contribution in [-0.2, 0) is 17.8 Å². The Balaban J connectivity index is 1.30. The molecular formula is C23H25N3O2. The first kappa shape index (κ1) is 18.4. The van der Waals surface area contributed by atoms with Crippen molar-refractivity contribution < 1.29 is 9.21 Å². The third-order valence-corrected chi connectivity index (χ3v) is 5.05. The van der Waals surface area contributed by atoms with Crippen LogP contribution in [0.3, 0.4) is 0 Å². The maximum Gasteiger partial charge on any atom is 0.247 e. The summed E-state index contributed by atoms with van der Waals surface area (Å²) in [4.78, 5) is 14.8. The Hall–Kier alpha value is -2.95. The monoisotopic (exact) mass is 375 g/mol. The zero-order valence-corrected chi connectivity index (χ0v) is 16.2. The predicted octanol–water partition coefficient (Wildman–Crippen LogP) is 4.56. The Kier molecular flexibility index (Phi) is 5.51. The molecule has 0 bridgehead atoms. The van der Waals surface area contributed by atoms with Gasteiger partial charge in [-0.15, -0.1) is 10.2 Å². The molecule has 1 aliphatic carbocycles. The van der Waals surface area contributed by atoms with Crippen molar-refractivity contribution in [3.8, 4) is 11.5 Å². The smallest absolute Gasteiger partial charge is 0.247 e. The van der Waals surface area contributed by atoms with Crippen LogP contribution >= 0.6 is 0 Å². The van der Waals surface area contributed by atoms with E-state index in [1.807, 2.05) is 35.2 Å². The van der Waals surface area contributed by atoms with Gasteiger partial charge in [-0.2, -0.15) is 0 Å². The van der Waals surface area contributed by atoms with Gasteiger partial charge in [-0.3, -0.25) is 4.79 Å². The van der Waals surface area contributed by atoms with Gasteiger partial charge in [-0.25, -0.2) is 0 Å². The summed E-state index contributed by atoms with van der Waals surface area (Å²) in [7, 11) is 0. The van der Waals surface area contributed by atoms with Gasteiger partial charge in [-0.1, -0.05) is 48.0 Å². The van der Waals surface area contributed by atoms with Crippen LogP contribution in [0.4, 0.5) is 0 Å². The molecule has 0 aliphatic heterocycles. The lowest BCUT2D eigenvalue weighted by atomic mass is 10.1. The molecule has 0 N–H and O–H groups in total. The van der Waals surface area contributed by atoms with Crippen molar-refractivity contribution in [2.45, 2.75) is 51.6 Å². The molecule has 1 aromatic heterocycles. The van der Waals surface area contributed by atoms with E-state index in [0.717, 1.165) is 18.4 Å². The first-order valence-electron chi connectivity index (χ1n) is 9.92. The molecule has 144 valence electrons. The van der Waals surface area contributed by atoms with Gasteiger partial charge in [0.2, 0.25) is 17.7 Å². The number of amides is 1. The van der Waals surface area contributed by atoms with Gasteiger partial charge >= 0.3 is 0 Å². The maximum atomic E-state index is 12.8. The molecule has 0 saturated heterocycles. The molecule has 1 saturated carbocycles. The quantitative estimate of drug-likeness (QED) is 0.579. The molecular weight excluding hydrogens is 350 g/mol. The standard InChI is InChI=1S/C23H25N3O2/c1-17-10-12-18(13-11-17)16-26(20-14-15-20)22(27)9-5-8-21-24-25-23(28-21)19-6-3-2-4-7-19/h2-4,6-7,10-13,20H,5,8-9,14-16H2,1H3. The minimum Gasteiger partial charge on any atom is -0.421 e. The summed E-state index contributed by atoms with van der Waals surface area (Å²) >= 11 is 0. The topological polar surface area (TPSA) is 59.2 Å². The molecule has 1 heterocycles. The van der Waals surface area contributed by atoms with Crippen molar-refractivity contribution in [1.82, 2.24) is 15.1 Å². The number of nitrogens with zero attached hydrogens (tertiary/aromatic N) is 3. The molecule has 5 heteroatoms. The molecule has 1 aliphatic rings. The highest BCUT2D eigenvalue weighted by Crippen LogP contribution is 2.29. The summed E-state index contributed by atoms with van der Waals surface area (Å²) in [5.74, 6) is 1.33. The number of aryl methyl sites for hydroxylation is 2. The number of carbonyl (C=O) groups excluding carboxylic acids is 1. The lowest BCUT2D eigenvalue weighted by Gasteiger charge is -2.22. The average Bonchev–Trinajstić information content (AvgIpc) is 3.45. The highest BCUT2D eigenvalue weighted by molar-refractivity contribution is 5.76. The van der Waals surface area contributed by atoms with Gasteiger partial charge in [0.25, 0.3) is 0 Å². The summed E-state index contributed by atoms with van der Waals surface area (Å²) in [6.07, 6.45) is 4.07. The van der Waals surface area contributed by atoms with Crippen molar-refractivity contribution in [2.24, 2.45) is 0 Å². The lowest BCUT2D eigenvalue weighted by molar-refractivity contribution is -0.132. The van der Waals surface area contributed by atoms with E-state index in [4.69, 9.17) is 4.42 Å². The molecule has 1 amide bonds. The highest BCUT2D eigenvalue weighted by Gasteiger charge is 2.32. The second kappa shape index (κ2) is 8.38. The van der Waals surface area contributed by atoms with Gasteiger partial charge in [0.1, 0.15) is 0 Å². The summed E-state index contributed by atoms with van der Waals surface area (Å²) in [5, 5.41) is 8.22. The molecule has 2 aromatic carbocycles.